The Morgan fingerprint density at radius 3 is 2.60 bits per heavy atom. The van der Waals surface area contributed by atoms with Crippen LogP contribution in [0.2, 0.25) is 0 Å². The lowest BCUT2D eigenvalue weighted by Gasteiger charge is -2.23. The van der Waals surface area contributed by atoms with Crippen molar-refractivity contribution < 1.29 is 9.72 Å². The first-order valence-corrected chi connectivity index (χ1v) is 6.89. The topological polar surface area (TPSA) is 84.3 Å². The molecule has 0 bridgehead atoms. The average molecular weight is 277 g/mol. The number of rotatable bonds is 4. The summed E-state index contributed by atoms with van der Waals surface area (Å²) in [5, 5.41) is 16.9. The first-order chi connectivity index (χ1) is 9.61. The van der Waals surface area contributed by atoms with E-state index in [-0.39, 0.29) is 17.6 Å². The number of nitrogens with one attached hydrogen (secondary N) is 2. The molecule has 108 valence electrons. The second kappa shape index (κ2) is 6.36. The lowest BCUT2D eigenvalue weighted by Crippen LogP contribution is -2.23. The van der Waals surface area contributed by atoms with Gasteiger partial charge in [0.15, 0.2) is 0 Å². The maximum absolute atomic E-state index is 11.5. The van der Waals surface area contributed by atoms with Crippen LogP contribution in [0.5, 0.6) is 0 Å². The van der Waals surface area contributed by atoms with Crippen LogP contribution in [-0.2, 0) is 0 Å². The summed E-state index contributed by atoms with van der Waals surface area (Å²) in [6.45, 7) is 0. The van der Waals surface area contributed by atoms with E-state index in [4.69, 9.17) is 0 Å². The Labute approximate surface area is 117 Å². The lowest BCUT2D eigenvalue weighted by atomic mass is 9.95. The molecule has 0 saturated heterocycles. The van der Waals surface area contributed by atoms with E-state index in [0.717, 1.165) is 25.7 Å². The molecule has 1 fully saturated rings. The van der Waals surface area contributed by atoms with Crippen molar-refractivity contribution in [2.45, 2.75) is 38.1 Å². The zero-order valence-corrected chi connectivity index (χ0v) is 11.5. The van der Waals surface area contributed by atoms with Crippen LogP contribution in [0.4, 0.5) is 11.4 Å². The number of hydrogen-bond donors (Lipinski definition) is 2. The molecule has 1 aliphatic carbocycles. The Morgan fingerprint density at radius 2 is 2.00 bits per heavy atom. The molecule has 1 aromatic carbocycles. The Kier molecular flexibility index (Phi) is 4.55. The quantitative estimate of drug-likeness (QED) is 0.654. The summed E-state index contributed by atoms with van der Waals surface area (Å²) in [4.78, 5) is 22.2. The molecule has 0 atom stereocenters. The molecule has 6 heteroatoms. The average Bonchev–Trinajstić information content (AvgIpc) is 2.47. The molecule has 6 nitrogen and oxygen atoms in total. The Hall–Kier alpha value is -2.11. The van der Waals surface area contributed by atoms with Crippen LogP contribution in [-0.4, -0.2) is 23.9 Å². The normalized spacial score (nSPS) is 15.7. The van der Waals surface area contributed by atoms with Crippen LogP contribution in [0.25, 0.3) is 0 Å². The highest BCUT2D eigenvalue weighted by Gasteiger charge is 2.20. The summed E-state index contributed by atoms with van der Waals surface area (Å²) in [5.74, 6) is -0.322. The minimum absolute atomic E-state index is 0.0447. The summed E-state index contributed by atoms with van der Waals surface area (Å²) in [6, 6.07) is 4.84. The predicted octanol–water partition coefficient (Wildman–Crippen LogP) is 2.70. The molecule has 2 rings (SSSR count). The molecular weight excluding hydrogens is 258 g/mol. The number of hydrogen-bond acceptors (Lipinski definition) is 4. The summed E-state index contributed by atoms with van der Waals surface area (Å²) in [7, 11) is 1.50. The van der Waals surface area contributed by atoms with E-state index in [1.807, 2.05) is 0 Å². The largest absolute Gasteiger partial charge is 0.377 e. The van der Waals surface area contributed by atoms with E-state index in [2.05, 4.69) is 10.6 Å². The molecule has 0 aliphatic heterocycles. The molecule has 0 unspecified atom stereocenters. The van der Waals surface area contributed by atoms with Gasteiger partial charge in [-0.1, -0.05) is 19.3 Å². The van der Waals surface area contributed by atoms with Crippen molar-refractivity contribution in [1.82, 2.24) is 5.32 Å². The maximum Gasteiger partial charge on any atom is 0.293 e. The maximum atomic E-state index is 11.5. The molecule has 1 aromatic rings. The van der Waals surface area contributed by atoms with Gasteiger partial charge in [-0.25, -0.2) is 0 Å². The van der Waals surface area contributed by atoms with Gasteiger partial charge in [-0.3, -0.25) is 14.9 Å². The molecule has 1 amide bonds. The van der Waals surface area contributed by atoms with Gasteiger partial charge in [0.2, 0.25) is 0 Å². The molecule has 0 aromatic heterocycles. The van der Waals surface area contributed by atoms with Crippen molar-refractivity contribution in [3.8, 4) is 0 Å². The summed E-state index contributed by atoms with van der Waals surface area (Å²) in [5.41, 5.74) is 0.750. The van der Waals surface area contributed by atoms with Crippen molar-refractivity contribution in [2.75, 3.05) is 12.4 Å². The van der Waals surface area contributed by atoms with Gasteiger partial charge in [0.25, 0.3) is 11.6 Å². The minimum Gasteiger partial charge on any atom is -0.377 e. The fourth-order valence-corrected chi connectivity index (χ4v) is 2.56. The Balaban J connectivity index is 2.23. The van der Waals surface area contributed by atoms with E-state index in [1.165, 1.54) is 19.5 Å². The number of nitro benzene ring substituents is 1. The number of carbonyl (C=O) groups excluding carboxylic acids is 1. The summed E-state index contributed by atoms with van der Waals surface area (Å²) >= 11 is 0. The third kappa shape index (κ3) is 3.26. The number of benzene rings is 1. The standard InChI is InChI=1S/C14H19N3O3/c1-15-14(18)10-7-8-12(13(9-10)17(19)20)16-11-5-3-2-4-6-11/h7-9,11,16H,2-6H2,1H3,(H,15,18). The molecule has 1 saturated carbocycles. The van der Waals surface area contributed by atoms with E-state index in [0.29, 0.717) is 11.3 Å². The van der Waals surface area contributed by atoms with Crippen LogP contribution in [0.3, 0.4) is 0 Å². The van der Waals surface area contributed by atoms with Gasteiger partial charge in [0, 0.05) is 24.7 Å². The molecule has 20 heavy (non-hydrogen) atoms. The highest BCUT2D eigenvalue weighted by Crippen LogP contribution is 2.29. The first-order valence-electron chi connectivity index (χ1n) is 6.89. The second-order valence-electron chi connectivity index (χ2n) is 5.05. The van der Waals surface area contributed by atoms with Crippen molar-refractivity contribution in [3.05, 3.63) is 33.9 Å². The van der Waals surface area contributed by atoms with Crippen LogP contribution in [0.15, 0.2) is 18.2 Å². The minimum atomic E-state index is -0.447. The van der Waals surface area contributed by atoms with Gasteiger partial charge in [-0.05, 0) is 25.0 Å². The second-order valence-corrected chi connectivity index (χ2v) is 5.05. The highest BCUT2D eigenvalue weighted by atomic mass is 16.6. The first kappa shape index (κ1) is 14.3. The zero-order valence-electron chi connectivity index (χ0n) is 11.5. The van der Waals surface area contributed by atoms with Gasteiger partial charge in [-0.15, -0.1) is 0 Å². The van der Waals surface area contributed by atoms with Crippen molar-refractivity contribution in [3.63, 3.8) is 0 Å². The molecular formula is C14H19N3O3. The Morgan fingerprint density at radius 1 is 1.30 bits per heavy atom. The molecule has 0 spiro atoms. The number of nitro groups is 1. The summed E-state index contributed by atoms with van der Waals surface area (Å²) in [6.07, 6.45) is 5.61. The molecule has 1 aliphatic rings. The SMILES string of the molecule is CNC(=O)c1ccc(NC2CCCCC2)c([N+](=O)[O-])c1. The van der Waals surface area contributed by atoms with Gasteiger partial charge in [-0.2, -0.15) is 0 Å². The van der Waals surface area contributed by atoms with Crippen LogP contribution in [0.1, 0.15) is 42.5 Å². The van der Waals surface area contributed by atoms with E-state index >= 15 is 0 Å². The number of anilines is 1. The highest BCUT2D eigenvalue weighted by molar-refractivity contribution is 5.95. The lowest BCUT2D eigenvalue weighted by molar-refractivity contribution is -0.384. The van der Waals surface area contributed by atoms with Crippen molar-refractivity contribution >= 4 is 17.3 Å². The van der Waals surface area contributed by atoms with E-state index < -0.39 is 4.92 Å². The van der Waals surface area contributed by atoms with Crippen LogP contribution in [0, 0.1) is 10.1 Å². The number of amides is 1. The third-order valence-electron chi connectivity index (χ3n) is 3.65. The van der Waals surface area contributed by atoms with Crippen molar-refractivity contribution in [2.24, 2.45) is 0 Å². The molecule has 2 N–H and O–H groups in total. The van der Waals surface area contributed by atoms with Crippen LogP contribution < -0.4 is 10.6 Å². The smallest absolute Gasteiger partial charge is 0.293 e. The summed E-state index contributed by atoms with van der Waals surface area (Å²) < 4.78 is 0. The Bertz CT molecular complexity index is 510. The van der Waals surface area contributed by atoms with Gasteiger partial charge >= 0.3 is 0 Å². The van der Waals surface area contributed by atoms with E-state index in [1.54, 1.807) is 12.1 Å². The number of carbonyl (C=O) groups is 1. The van der Waals surface area contributed by atoms with Crippen molar-refractivity contribution in [1.29, 1.82) is 0 Å². The fourth-order valence-electron chi connectivity index (χ4n) is 2.56. The predicted molar refractivity (Wildman–Crippen MR) is 77.0 cm³/mol. The third-order valence-corrected chi connectivity index (χ3v) is 3.65. The van der Waals surface area contributed by atoms with Gasteiger partial charge < -0.3 is 10.6 Å². The van der Waals surface area contributed by atoms with E-state index in [9.17, 15) is 14.9 Å². The molecule has 0 heterocycles. The fraction of sp³-hybridized carbons (Fsp3) is 0.500. The van der Waals surface area contributed by atoms with Crippen LogP contribution >= 0.6 is 0 Å². The zero-order chi connectivity index (χ0) is 14.5. The van der Waals surface area contributed by atoms with Gasteiger partial charge in [0.1, 0.15) is 5.69 Å². The monoisotopic (exact) mass is 277 g/mol. The number of nitrogens with zero attached hydrogens (tertiary/aromatic N) is 1. The molecule has 0 radical (unpaired) electrons. The van der Waals surface area contributed by atoms with Gasteiger partial charge in [0.05, 0.1) is 4.92 Å².